The van der Waals surface area contributed by atoms with Gasteiger partial charge in [-0.05, 0) is 61.6 Å². The van der Waals surface area contributed by atoms with Crippen LogP contribution >= 0.6 is 0 Å². The van der Waals surface area contributed by atoms with Crippen LogP contribution in [0.15, 0.2) is 104 Å². The Hall–Kier alpha value is -8.90. The molecular formula is C52H68N12O12. The zero-order valence-electron chi connectivity index (χ0n) is 42.6. The van der Waals surface area contributed by atoms with Crippen molar-refractivity contribution in [2.45, 2.75) is 109 Å². The number of primary amides is 1. The van der Waals surface area contributed by atoms with Gasteiger partial charge < -0.3 is 74.1 Å². The summed E-state index contributed by atoms with van der Waals surface area (Å²) in [6, 6.07) is 17.2. The van der Waals surface area contributed by atoms with Crippen LogP contribution in [0, 0.1) is 0 Å². The summed E-state index contributed by atoms with van der Waals surface area (Å²) in [4.78, 5) is 123. The Morgan fingerprint density at radius 1 is 0.553 bits per heavy atom. The van der Waals surface area contributed by atoms with Crippen LogP contribution < -0.4 is 43.8 Å². The first-order chi connectivity index (χ1) is 36.1. The molecular weight excluding hydrogens is 985 g/mol. The number of imidazole rings is 1. The number of benzene rings is 3. The number of carbonyl (C=O) groups excluding carboxylic acids is 6. The number of nitrogens with zero attached hydrogens (tertiary/aromatic N) is 1. The maximum Gasteiger partial charge on any atom is 0.300 e. The fraction of sp³-hybridized carbons (Fsp3) is 0.346. The van der Waals surface area contributed by atoms with Gasteiger partial charge in [0.15, 0.2) is 0 Å². The highest BCUT2D eigenvalue weighted by Crippen LogP contribution is 2.21. The number of H-pyrrole nitrogens is 3. The lowest BCUT2D eigenvalue weighted by atomic mass is 10.0. The Bertz CT molecular complexity index is 2810. The van der Waals surface area contributed by atoms with Crippen LogP contribution in [-0.4, -0.2) is 131 Å². The van der Waals surface area contributed by atoms with Crippen molar-refractivity contribution in [3.05, 3.63) is 126 Å². The van der Waals surface area contributed by atoms with Crippen molar-refractivity contribution in [3.8, 4) is 0 Å². The Balaban J connectivity index is 0.00000115. The maximum atomic E-state index is 14.4. The van der Waals surface area contributed by atoms with Crippen molar-refractivity contribution in [1.82, 2.24) is 46.5 Å². The first kappa shape index (κ1) is 61.4. The van der Waals surface area contributed by atoms with E-state index in [4.69, 9.17) is 46.9 Å². The number of fused-ring (bicyclic) bond motifs is 2. The van der Waals surface area contributed by atoms with Crippen LogP contribution in [0.3, 0.4) is 0 Å². The van der Waals surface area contributed by atoms with Gasteiger partial charge in [-0.1, -0.05) is 66.7 Å². The summed E-state index contributed by atoms with van der Waals surface area (Å²) < 4.78 is 0. The molecule has 6 unspecified atom stereocenters. The topological polar surface area (TPSA) is 413 Å². The van der Waals surface area contributed by atoms with Gasteiger partial charge in [0.2, 0.25) is 35.4 Å². The third-order valence-corrected chi connectivity index (χ3v) is 11.1. The molecule has 0 aliphatic carbocycles. The van der Waals surface area contributed by atoms with Crippen LogP contribution in [0.25, 0.3) is 21.8 Å². The average molecular weight is 1050 g/mol. The first-order valence-electron chi connectivity index (χ1n) is 24.1. The molecule has 0 bridgehead atoms. The second-order valence-corrected chi connectivity index (χ2v) is 17.4. The second-order valence-electron chi connectivity index (χ2n) is 17.4. The third kappa shape index (κ3) is 21.7. The minimum atomic E-state index is -1.25. The molecule has 24 nitrogen and oxygen atoms in total. The largest absolute Gasteiger partial charge is 0.481 e. The molecule has 6 atom stereocenters. The van der Waals surface area contributed by atoms with Gasteiger partial charge in [0.1, 0.15) is 30.2 Å². The fourth-order valence-electron chi connectivity index (χ4n) is 7.52. The minimum absolute atomic E-state index is 0.00159. The number of nitrogens with one attached hydrogen (secondary N) is 8. The summed E-state index contributed by atoms with van der Waals surface area (Å²) in [5.74, 6) is -6.52. The number of carbonyl (C=O) groups is 9. The average Bonchev–Trinajstić information content (AvgIpc) is 4.13. The van der Waals surface area contributed by atoms with E-state index in [9.17, 15) is 28.8 Å². The van der Waals surface area contributed by atoms with E-state index in [1.807, 2.05) is 54.6 Å². The molecule has 0 aliphatic rings. The highest BCUT2D eigenvalue weighted by atomic mass is 16.4. The molecule has 0 spiro atoms. The number of carboxylic acids is 3. The Morgan fingerprint density at radius 2 is 0.987 bits per heavy atom. The van der Waals surface area contributed by atoms with Gasteiger partial charge in [-0.25, -0.2) is 4.98 Å². The van der Waals surface area contributed by atoms with Gasteiger partial charge in [0.05, 0.1) is 12.4 Å². The van der Waals surface area contributed by atoms with E-state index >= 15 is 0 Å². The molecule has 3 aromatic heterocycles. The van der Waals surface area contributed by atoms with Gasteiger partial charge in [-0.3, -0.25) is 43.2 Å². The summed E-state index contributed by atoms with van der Waals surface area (Å²) in [6.45, 7) is 5.12. The Labute approximate surface area is 437 Å². The molecule has 6 amide bonds. The number of hydrogen-bond donors (Lipinski definition) is 14. The standard InChI is InChI=1S/C46H56N12O6.3C2H4O2/c1-27(54-44(62)39(20-29-23-51-35-15-7-5-13-32(29)35)57-43(61)34(48)22-31-25-50-26-53-31)42(60)56-40(21-30-24-52-36-16-8-6-14-33(30)36)46(64)58-38(19-28-11-3-2-4-12-28)45(63)55-37(41(49)59)17-9-10-18-47;3*1-2(3)4/h2-8,11-16,23-27,34,37-40,51-52H,9-10,17-22,47-48H2,1H3,(H2,49,59)(H,50,53)(H,54,62)(H,55,63)(H,56,60)(H,57,61)(H,58,64);3*1H3,(H,3,4). The van der Waals surface area contributed by atoms with Crippen LogP contribution in [0.1, 0.15) is 69.3 Å². The van der Waals surface area contributed by atoms with Crippen molar-refractivity contribution in [3.63, 3.8) is 0 Å². The number of amides is 6. The normalized spacial score (nSPS) is 12.9. The predicted octanol–water partition coefficient (Wildman–Crippen LogP) is 1.30. The number of aliphatic carboxylic acids is 3. The van der Waals surface area contributed by atoms with Crippen LogP contribution in [-0.2, 0) is 68.8 Å². The molecule has 24 heteroatoms. The molecule has 17 N–H and O–H groups in total. The number of aromatic nitrogens is 4. The first-order valence-corrected chi connectivity index (χ1v) is 24.1. The summed E-state index contributed by atoms with van der Waals surface area (Å²) in [5.41, 5.74) is 22.0. The van der Waals surface area contributed by atoms with Crippen molar-refractivity contribution in [1.29, 1.82) is 0 Å². The van der Waals surface area contributed by atoms with Crippen LogP contribution in [0.2, 0.25) is 0 Å². The predicted molar refractivity (Wildman–Crippen MR) is 282 cm³/mol. The van der Waals surface area contributed by atoms with Gasteiger partial charge in [0, 0.05) is 92.5 Å². The second kappa shape index (κ2) is 31.6. The lowest BCUT2D eigenvalue weighted by Crippen LogP contribution is -2.59. The van der Waals surface area contributed by atoms with E-state index in [1.54, 1.807) is 42.9 Å². The lowest BCUT2D eigenvalue weighted by Gasteiger charge is -2.26. The molecule has 6 rings (SSSR count). The summed E-state index contributed by atoms with van der Waals surface area (Å²) in [5, 5.41) is 37.7. The number of aromatic amines is 3. The quantitative estimate of drug-likeness (QED) is 0.0402. The van der Waals surface area contributed by atoms with E-state index in [0.29, 0.717) is 30.6 Å². The summed E-state index contributed by atoms with van der Waals surface area (Å²) >= 11 is 0. The van der Waals surface area contributed by atoms with Crippen LogP contribution in [0.4, 0.5) is 0 Å². The molecule has 408 valence electrons. The highest BCUT2D eigenvalue weighted by molar-refractivity contribution is 5.97. The van der Waals surface area contributed by atoms with E-state index < -0.39 is 89.6 Å². The minimum Gasteiger partial charge on any atom is -0.481 e. The number of para-hydroxylation sites is 2. The molecule has 0 saturated carbocycles. The summed E-state index contributed by atoms with van der Waals surface area (Å²) in [6.07, 6.45) is 8.21. The third-order valence-electron chi connectivity index (χ3n) is 11.1. The monoisotopic (exact) mass is 1050 g/mol. The van der Waals surface area contributed by atoms with Crippen LogP contribution in [0.5, 0.6) is 0 Å². The number of nitrogens with two attached hydrogens (primary N) is 3. The molecule has 0 fully saturated rings. The number of unbranched alkanes of at least 4 members (excludes halogenated alkanes) is 1. The summed E-state index contributed by atoms with van der Waals surface area (Å²) in [7, 11) is 0. The van der Waals surface area contributed by atoms with Gasteiger partial charge in [-0.15, -0.1) is 0 Å². The van der Waals surface area contributed by atoms with Crippen molar-refractivity contribution >= 4 is 75.2 Å². The molecule has 0 saturated heterocycles. The van der Waals surface area contributed by atoms with E-state index in [-0.39, 0.29) is 32.1 Å². The SMILES string of the molecule is CC(=O)O.CC(=O)O.CC(=O)O.CC(NC(=O)C(Cc1c[nH]c2ccccc12)NC(=O)C(N)Cc1cnc[nH]1)C(=O)NC(Cc1c[nH]c2ccccc12)C(=O)NC(Cc1ccccc1)C(=O)NC(CCCCN)C(N)=O. The lowest BCUT2D eigenvalue weighted by molar-refractivity contribution is -0.135. The van der Waals surface area contributed by atoms with E-state index in [2.05, 4.69) is 46.5 Å². The van der Waals surface area contributed by atoms with Crippen molar-refractivity contribution < 1.29 is 58.5 Å². The smallest absolute Gasteiger partial charge is 0.300 e. The number of rotatable bonds is 23. The van der Waals surface area contributed by atoms with Gasteiger partial charge in [-0.2, -0.15) is 0 Å². The van der Waals surface area contributed by atoms with Crippen molar-refractivity contribution in [2.24, 2.45) is 17.2 Å². The fourth-order valence-corrected chi connectivity index (χ4v) is 7.52. The molecule has 3 heterocycles. The zero-order valence-corrected chi connectivity index (χ0v) is 42.6. The molecule has 0 aliphatic heterocycles. The number of carboxylic acid groups (broad SMARTS) is 3. The number of hydrogen-bond acceptors (Lipinski definition) is 12. The molecule has 76 heavy (non-hydrogen) atoms. The van der Waals surface area contributed by atoms with E-state index in [0.717, 1.165) is 53.7 Å². The molecule has 6 aromatic rings. The zero-order chi connectivity index (χ0) is 56.3. The maximum absolute atomic E-state index is 14.4. The van der Waals surface area contributed by atoms with Gasteiger partial charge >= 0.3 is 0 Å². The van der Waals surface area contributed by atoms with Gasteiger partial charge in [0.25, 0.3) is 17.9 Å². The highest BCUT2D eigenvalue weighted by Gasteiger charge is 2.33. The van der Waals surface area contributed by atoms with E-state index in [1.165, 1.54) is 13.3 Å². The van der Waals surface area contributed by atoms with Crippen molar-refractivity contribution in [2.75, 3.05) is 6.54 Å². The molecule has 3 aromatic carbocycles. The molecule has 0 radical (unpaired) electrons. The Morgan fingerprint density at radius 3 is 1.46 bits per heavy atom. The Kier molecular flexibility index (Phi) is 25.6.